The number of fused-ring (bicyclic) bond motifs is 1. The van der Waals surface area contributed by atoms with E-state index in [0.717, 1.165) is 24.2 Å². The molecule has 0 bridgehead atoms. The molecule has 98 valence electrons. The Hall–Kier alpha value is -2.10. The van der Waals surface area contributed by atoms with Crippen molar-refractivity contribution in [2.24, 2.45) is 11.3 Å². The van der Waals surface area contributed by atoms with Crippen molar-refractivity contribution in [3.63, 3.8) is 0 Å². The molecular formula is C15H16N2O2. The van der Waals surface area contributed by atoms with Crippen molar-refractivity contribution < 1.29 is 9.59 Å². The number of nitrogens with one attached hydrogen (secondary N) is 2. The molecule has 19 heavy (non-hydrogen) atoms. The van der Waals surface area contributed by atoms with Gasteiger partial charge in [-0.25, -0.2) is 0 Å². The molecule has 1 aliphatic carbocycles. The van der Waals surface area contributed by atoms with E-state index in [1.807, 2.05) is 25.1 Å². The number of amides is 2. The van der Waals surface area contributed by atoms with E-state index in [2.05, 4.69) is 17.2 Å². The molecule has 2 N–H and O–H groups in total. The molecule has 2 amide bonds. The van der Waals surface area contributed by atoms with Gasteiger partial charge in [0.05, 0.1) is 0 Å². The van der Waals surface area contributed by atoms with Gasteiger partial charge in [0.15, 0.2) is 0 Å². The summed E-state index contributed by atoms with van der Waals surface area (Å²) in [4.78, 5) is 22.3. The summed E-state index contributed by atoms with van der Waals surface area (Å²) in [6, 6.07) is 5.91. The van der Waals surface area contributed by atoms with Crippen LogP contribution in [0.2, 0.25) is 0 Å². The quantitative estimate of drug-likeness (QED) is 0.790. The highest BCUT2D eigenvalue weighted by Gasteiger charge is 2.51. The summed E-state index contributed by atoms with van der Waals surface area (Å²) in [5, 5.41) is 5.53. The zero-order chi connectivity index (χ0) is 13.6. The first-order chi connectivity index (χ1) is 9.06. The van der Waals surface area contributed by atoms with Crippen molar-refractivity contribution in [3.05, 3.63) is 41.6 Å². The maximum atomic E-state index is 11.8. The third kappa shape index (κ3) is 1.59. The molecule has 3 rings (SSSR count). The Bertz CT molecular complexity index is 594. The van der Waals surface area contributed by atoms with E-state index in [-0.39, 0.29) is 17.2 Å². The molecule has 2 unspecified atom stereocenters. The monoisotopic (exact) mass is 256 g/mol. The molecular weight excluding hydrogens is 240 g/mol. The molecule has 0 aromatic heterocycles. The van der Waals surface area contributed by atoms with Crippen LogP contribution in [0.4, 0.5) is 5.69 Å². The zero-order valence-corrected chi connectivity index (χ0v) is 10.8. The fourth-order valence-corrected chi connectivity index (χ4v) is 3.28. The lowest BCUT2D eigenvalue weighted by Crippen LogP contribution is -2.28. The maximum Gasteiger partial charge on any atom is 0.227 e. The Morgan fingerprint density at radius 3 is 2.79 bits per heavy atom. The number of allylic oxidation sites excluding steroid dienone is 1. The molecule has 4 heteroatoms. The van der Waals surface area contributed by atoms with Crippen molar-refractivity contribution in [2.45, 2.75) is 19.8 Å². The van der Waals surface area contributed by atoms with Crippen LogP contribution in [0.25, 0.3) is 0 Å². The Labute approximate surface area is 111 Å². The van der Waals surface area contributed by atoms with Crippen LogP contribution in [0, 0.1) is 11.3 Å². The van der Waals surface area contributed by atoms with Gasteiger partial charge in [0.2, 0.25) is 12.3 Å². The minimum absolute atomic E-state index is 0.0593. The summed E-state index contributed by atoms with van der Waals surface area (Å²) in [6.45, 7) is 5.99. The first kappa shape index (κ1) is 12.0. The van der Waals surface area contributed by atoms with Gasteiger partial charge >= 0.3 is 0 Å². The summed E-state index contributed by atoms with van der Waals surface area (Å²) >= 11 is 0. The van der Waals surface area contributed by atoms with Crippen LogP contribution in [0.3, 0.4) is 0 Å². The van der Waals surface area contributed by atoms with E-state index in [4.69, 9.17) is 0 Å². The number of hydrogen-bond acceptors (Lipinski definition) is 2. The Morgan fingerprint density at radius 1 is 1.42 bits per heavy atom. The predicted octanol–water partition coefficient (Wildman–Crippen LogP) is 1.62. The van der Waals surface area contributed by atoms with Crippen molar-refractivity contribution in [1.82, 2.24) is 5.32 Å². The normalized spacial score (nSPS) is 28.4. The standard InChI is InChI=1S/C15H16N2O2/c1-9-14(19)17-10(2)15(9)6-11-3-4-13(16-8-18)5-12(11)7-15/h3-5,8-9H,2,6-7H2,1H3,(H,16,18)(H,17,19). The number of hydrogen-bond donors (Lipinski definition) is 2. The maximum absolute atomic E-state index is 11.8. The minimum atomic E-state index is -0.195. The van der Waals surface area contributed by atoms with E-state index >= 15 is 0 Å². The zero-order valence-electron chi connectivity index (χ0n) is 10.8. The average Bonchev–Trinajstić information content (AvgIpc) is 2.85. The van der Waals surface area contributed by atoms with Gasteiger partial charge in [0.1, 0.15) is 0 Å². The van der Waals surface area contributed by atoms with E-state index in [1.165, 1.54) is 11.1 Å². The highest BCUT2D eigenvalue weighted by Crippen LogP contribution is 2.50. The van der Waals surface area contributed by atoms with Crippen LogP contribution >= 0.6 is 0 Å². The first-order valence-electron chi connectivity index (χ1n) is 6.39. The second-order valence-corrected chi connectivity index (χ2v) is 5.44. The van der Waals surface area contributed by atoms with Gasteiger partial charge in [0.25, 0.3) is 0 Å². The highest BCUT2D eigenvalue weighted by atomic mass is 16.2. The van der Waals surface area contributed by atoms with Gasteiger partial charge in [-0.3, -0.25) is 9.59 Å². The molecule has 0 saturated carbocycles. The van der Waals surface area contributed by atoms with Gasteiger partial charge in [-0.1, -0.05) is 19.6 Å². The van der Waals surface area contributed by atoms with Gasteiger partial charge in [-0.2, -0.15) is 0 Å². The highest BCUT2D eigenvalue weighted by molar-refractivity contribution is 5.85. The van der Waals surface area contributed by atoms with Gasteiger partial charge in [0, 0.05) is 22.7 Å². The van der Waals surface area contributed by atoms with E-state index in [1.54, 1.807) is 0 Å². The van der Waals surface area contributed by atoms with E-state index in [9.17, 15) is 9.59 Å². The smallest absolute Gasteiger partial charge is 0.227 e. The van der Waals surface area contributed by atoms with Crippen molar-refractivity contribution in [3.8, 4) is 0 Å². The number of anilines is 1. The Balaban J connectivity index is 1.97. The molecule has 1 saturated heterocycles. The minimum Gasteiger partial charge on any atom is -0.330 e. The third-order valence-electron chi connectivity index (χ3n) is 4.54. The summed E-state index contributed by atoms with van der Waals surface area (Å²) in [7, 11) is 0. The Kier molecular flexibility index (Phi) is 2.49. The molecule has 0 radical (unpaired) electrons. The lowest BCUT2D eigenvalue weighted by atomic mass is 9.74. The van der Waals surface area contributed by atoms with E-state index in [0.29, 0.717) is 6.41 Å². The van der Waals surface area contributed by atoms with Crippen LogP contribution in [0.5, 0.6) is 0 Å². The first-order valence-corrected chi connectivity index (χ1v) is 6.39. The molecule has 1 aliphatic heterocycles. The summed E-state index contributed by atoms with van der Waals surface area (Å²) in [6.07, 6.45) is 2.31. The fourth-order valence-electron chi connectivity index (χ4n) is 3.28. The largest absolute Gasteiger partial charge is 0.330 e. The summed E-state index contributed by atoms with van der Waals surface area (Å²) in [5.74, 6) is -0.000994. The van der Waals surface area contributed by atoms with Crippen LogP contribution in [-0.2, 0) is 22.4 Å². The molecule has 2 atom stereocenters. The van der Waals surface area contributed by atoms with Crippen molar-refractivity contribution >= 4 is 18.0 Å². The molecule has 1 heterocycles. The molecule has 4 nitrogen and oxygen atoms in total. The van der Waals surface area contributed by atoms with Gasteiger partial charge in [-0.15, -0.1) is 0 Å². The van der Waals surface area contributed by atoms with Crippen molar-refractivity contribution in [2.75, 3.05) is 5.32 Å². The summed E-state index contributed by atoms with van der Waals surface area (Å²) < 4.78 is 0. The van der Waals surface area contributed by atoms with Crippen molar-refractivity contribution in [1.29, 1.82) is 0 Å². The lowest BCUT2D eigenvalue weighted by molar-refractivity contribution is -0.123. The third-order valence-corrected chi connectivity index (χ3v) is 4.54. The summed E-state index contributed by atoms with van der Waals surface area (Å²) in [5.41, 5.74) is 3.85. The lowest BCUT2D eigenvalue weighted by Gasteiger charge is -2.26. The second-order valence-electron chi connectivity index (χ2n) is 5.44. The van der Waals surface area contributed by atoms with Crippen LogP contribution in [0.15, 0.2) is 30.5 Å². The average molecular weight is 256 g/mol. The second kappa shape index (κ2) is 3.95. The van der Waals surface area contributed by atoms with Crippen LogP contribution in [0.1, 0.15) is 18.1 Å². The molecule has 2 aliphatic rings. The predicted molar refractivity (Wildman–Crippen MR) is 72.4 cm³/mol. The van der Waals surface area contributed by atoms with Gasteiger partial charge in [-0.05, 0) is 36.1 Å². The molecule has 1 fully saturated rings. The number of carbonyl (C=O) groups is 2. The number of benzene rings is 1. The van der Waals surface area contributed by atoms with Crippen LogP contribution in [-0.4, -0.2) is 12.3 Å². The van der Waals surface area contributed by atoms with Crippen LogP contribution < -0.4 is 10.6 Å². The molecule has 1 aromatic rings. The molecule has 1 aromatic carbocycles. The fraction of sp³-hybridized carbons (Fsp3) is 0.333. The molecule has 1 spiro atoms. The van der Waals surface area contributed by atoms with Gasteiger partial charge < -0.3 is 10.6 Å². The number of rotatable bonds is 2. The Morgan fingerprint density at radius 2 is 2.16 bits per heavy atom. The number of carbonyl (C=O) groups excluding carboxylic acids is 2. The van der Waals surface area contributed by atoms with E-state index < -0.39 is 0 Å². The SMILES string of the molecule is C=C1NC(=O)C(C)C12Cc1ccc(NC=O)cc1C2. The topological polar surface area (TPSA) is 58.2 Å².